The van der Waals surface area contributed by atoms with E-state index in [4.69, 9.17) is 0 Å². The van der Waals surface area contributed by atoms with Gasteiger partial charge in [0.15, 0.2) is 5.82 Å². The zero-order valence-electron chi connectivity index (χ0n) is 17.2. The SMILES string of the molecule is Oc1cc(C(F)(F)F)ccc1-c1nnc(N[C@@H]2CCCN(CCCF)C2)c2cnccc12. The predicted octanol–water partition coefficient (Wildman–Crippen LogP) is 4.65. The second kappa shape index (κ2) is 9.23. The smallest absolute Gasteiger partial charge is 0.416 e. The maximum Gasteiger partial charge on any atom is 0.416 e. The van der Waals surface area contributed by atoms with Crippen LogP contribution in [0.15, 0.2) is 36.7 Å². The molecule has 170 valence electrons. The average Bonchev–Trinajstić information content (AvgIpc) is 2.78. The van der Waals surface area contributed by atoms with Gasteiger partial charge in [-0.15, -0.1) is 10.2 Å². The van der Waals surface area contributed by atoms with Crippen molar-refractivity contribution in [1.29, 1.82) is 0 Å². The molecule has 3 heterocycles. The van der Waals surface area contributed by atoms with Crippen LogP contribution < -0.4 is 5.32 Å². The maximum atomic E-state index is 12.9. The Balaban J connectivity index is 1.64. The lowest BCUT2D eigenvalue weighted by atomic mass is 10.0. The highest BCUT2D eigenvalue weighted by molar-refractivity contribution is 6.00. The number of phenolic OH excluding ortho intramolecular Hbond substituents is 1. The fourth-order valence-corrected chi connectivity index (χ4v) is 4.06. The van der Waals surface area contributed by atoms with Crippen LogP contribution in [-0.4, -0.2) is 57.5 Å². The monoisotopic (exact) mass is 449 g/mol. The van der Waals surface area contributed by atoms with Crippen molar-refractivity contribution in [3.8, 4) is 17.0 Å². The zero-order chi connectivity index (χ0) is 22.7. The Morgan fingerprint density at radius 1 is 1.16 bits per heavy atom. The molecule has 0 spiro atoms. The summed E-state index contributed by atoms with van der Waals surface area (Å²) < 4.78 is 51.4. The molecule has 1 saturated heterocycles. The molecule has 32 heavy (non-hydrogen) atoms. The number of aromatic hydroxyl groups is 1. The number of rotatable bonds is 6. The van der Waals surface area contributed by atoms with Crippen LogP contribution >= 0.6 is 0 Å². The summed E-state index contributed by atoms with van der Waals surface area (Å²) in [4.78, 5) is 6.37. The van der Waals surface area contributed by atoms with Gasteiger partial charge < -0.3 is 15.3 Å². The van der Waals surface area contributed by atoms with E-state index >= 15 is 0 Å². The third kappa shape index (κ3) is 4.74. The van der Waals surface area contributed by atoms with E-state index in [0.717, 1.165) is 32.0 Å². The molecule has 4 rings (SSSR count). The van der Waals surface area contributed by atoms with Crippen LogP contribution in [0.25, 0.3) is 22.0 Å². The number of nitrogens with one attached hydrogen (secondary N) is 1. The summed E-state index contributed by atoms with van der Waals surface area (Å²) in [6, 6.07) is 4.58. The number of aromatic nitrogens is 3. The van der Waals surface area contributed by atoms with E-state index in [1.165, 1.54) is 6.07 Å². The van der Waals surface area contributed by atoms with Gasteiger partial charge in [-0.05, 0) is 50.1 Å². The number of hydrogen-bond acceptors (Lipinski definition) is 6. The van der Waals surface area contributed by atoms with Crippen LogP contribution in [0.4, 0.5) is 23.4 Å². The first-order valence-electron chi connectivity index (χ1n) is 10.4. The van der Waals surface area contributed by atoms with Gasteiger partial charge in [-0.25, -0.2) is 0 Å². The fraction of sp³-hybridized carbons (Fsp3) is 0.409. The summed E-state index contributed by atoms with van der Waals surface area (Å²) in [6.07, 6.45) is 1.02. The van der Waals surface area contributed by atoms with Crippen molar-refractivity contribution in [2.45, 2.75) is 31.5 Å². The molecular weight excluding hydrogens is 426 g/mol. The summed E-state index contributed by atoms with van der Waals surface area (Å²) in [5.41, 5.74) is -0.513. The van der Waals surface area contributed by atoms with E-state index in [2.05, 4.69) is 25.4 Å². The van der Waals surface area contributed by atoms with Gasteiger partial charge in [-0.1, -0.05) is 0 Å². The minimum atomic E-state index is -4.56. The van der Waals surface area contributed by atoms with Crippen LogP contribution in [0.1, 0.15) is 24.8 Å². The Hall–Kier alpha value is -3.01. The molecular formula is C22H23F4N5O. The van der Waals surface area contributed by atoms with Crippen LogP contribution in [0.5, 0.6) is 5.75 Å². The van der Waals surface area contributed by atoms with Crippen molar-refractivity contribution in [1.82, 2.24) is 20.1 Å². The Bertz CT molecular complexity index is 1090. The molecule has 1 aliphatic rings. The number of halogens is 4. The first-order chi connectivity index (χ1) is 15.4. The minimum absolute atomic E-state index is 0.103. The molecule has 6 nitrogen and oxygen atoms in total. The second-order valence-electron chi connectivity index (χ2n) is 7.87. The molecule has 0 amide bonds. The molecule has 0 aliphatic carbocycles. The Labute approximate surface area is 182 Å². The van der Waals surface area contributed by atoms with E-state index in [0.29, 0.717) is 35.6 Å². The van der Waals surface area contributed by atoms with Crippen molar-refractivity contribution in [2.24, 2.45) is 0 Å². The lowest BCUT2D eigenvalue weighted by molar-refractivity contribution is -0.137. The zero-order valence-corrected chi connectivity index (χ0v) is 17.2. The van der Waals surface area contributed by atoms with E-state index in [9.17, 15) is 22.7 Å². The number of nitrogens with zero attached hydrogens (tertiary/aromatic N) is 4. The molecule has 1 atom stereocenters. The molecule has 1 aliphatic heterocycles. The van der Waals surface area contributed by atoms with Gasteiger partial charge in [-0.3, -0.25) is 9.37 Å². The quantitative estimate of drug-likeness (QED) is 0.534. The highest BCUT2D eigenvalue weighted by Gasteiger charge is 2.31. The van der Waals surface area contributed by atoms with Gasteiger partial charge in [0, 0.05) is 47.9 Å². The van der Waals surface area contributed by atoms with Gasteiger partial charge in [-0.2, -0.15) is 13.2 Å². The summed E-state index contributed by atoms with van der Waals surface area (Å²) in [5, 5.41) is 23.4. The van der Waals surface area contributed by atoms with E-state index in [1.54, 1.807) is 18.5 Å². The molecule has 10 heteroatoms. The third-order valence-electron chi connectivity index (χ3n) is 5.62. The number of pyridine rings is 1. The van der Waals surface area contributed by atoms with Crippen LogP contribution in [-0.2, 0) is 6.18 Å². The molecule has 3 aromatic rings. The lowest BCUT2D eigenvalue weighted by Crippen LogP contribution is -2.42. The van der Waals surface area contributed by atoms with Gasteiger partial charge >= 0.3 is 6.18 Å². The molecule has 1 aromatic carbocycles. The number of phenols is 1. The first-order valence-corrected chi connectivity index (χ1v) is 10.4. The molecule has 0 bridgehead atoms. The normalized spacial score (nSPS) is 17.6. The van der Waals surface area contributed by atoms with Crippen LogP contribution in [0, 0.1) is 0 Å². The summed E-state index contributed by atoms with van der Waals surface area (Å²) >= 11 is 0. The van der Waals surface area contributed by atoms with Gasteiger partial charge in [0.1, 0.15) is 11.4 Å². The number of hydrogen-bond donors (Lipinski definition) is 2. The number of alkyl halides is 4. The summed E-state index contributed by atoms with van der Waals surface area (Å²) in [6.45, 7) is 2.05. The van der Waals surface area contributed by atoms with Crippen molar-refractivity contribution < 1.29 is 22.7 Å². The van der Waals surface area contributed by atoms with Crippen molar-refractivity contribution in [3.05, 3.63) is 42.2 Å². The minimum Gasteiger partial charge on any atom is -0.507 e. The first kappa shape index (κ1) is 22.2. The number of likely N-dealkylation sites (tertiary alicyclic amines) is 1. The largest absolute Gasteiger partial charge is 0.507 e. The second-order valence-corrected chi connectivity index (χ2v) is 7.87. The van der Waals surface area contributed by atoms with Crippen molar-refractivity contribution in [3.63, 3.8) is 0 Å². The molecule has 1 fully saturated rings. The Morgan fingerprint density at radius 3 is 2.75 bits per heavy atom. The van der Waals surface area contributed by atoms with Crippen LogP contribution in [0.3, 0.4) is 0 Å². The highest BCUT2D eigenvalue weighted by atomic mass is 19.4. The van der Waals surface area contributed by atoms with Gasteiger partial charge in [0.2, 0.25) is 0 Å². The Morgan fingerprint density at radius 2 is 2.00 bits per heavy atom. The molecule has 2 aromatic heterocycles. The molecule has 0 unspecified atom stereocenters. The number of piperidine rings is 1. The summed E-state index contributed by atoms with van der Waals surface area (Å²) in [5.74, 6) is -0.00988. The van der Waals surface area contributed by atoms with Crippen molar-refractivity contribution in [2.75, 3.05) is 31.6 Å². The van der Waals surface area contributed by atoms with Gasteiger partial charge in [0.25, 0.3) is 0 Å². The fourth-order valence-electron chi connectivity index (χ4n) is 4.06. The number of anilines is 1. The lowest BCUT2D eigenvalue weighted by Gasteiger charge is -2.33. The van der Waals surface area contributed by atoms with E-state index < -0.39 is 17.5 Å². The average molecular weight is 449 g/mol. The van der Waals surface area contributed by atoms with Gasteiger partial charge in [0.05, 0.1) is 12.2 Å². The van der Waals surface area contributed by atoms with Crippen LogP contribution in [0.2, 0.25) is 0 Å². The van der Waals surface area contributed by atoms with E-state index in [1.807, 2.05) is 0 Å². The molecule has 0 radical (unpaired) electrons. The Kier molecular flexibility index (Phi) is 6.40. The predicted molar refractivity (Wildman–Crippen MR) is 113 cm³/mol. The third-order valence-corrected chi connectivity index (χ3v) is 5.62. The van der Waals surface area contributed by atoms with Crippen molar-refractivity contribution >= 4 is 16.6 Å². The van der Waals surface area contributed by atoms with E-state index in [-0.39, 0.29) is 24.0 Å². The maximum absolute atomic E-state index is 12.9. The summed E-state index contributed by atoms with van der Waals surface area (Å²) in [7, 11) is 0. The topological polar surface area (TPSA) is 74.2 Å². The molecule has 2 N–H and O–H groups in total. The number of benzene rings is 1. The molecule has 0 saturated carbocycles. The number of fused-ring (bicyclic) bond motifs is 1. The highest BCUT2D eigenvalue weighted by Crippen LogP contribution is 2.38. The standard InChI is InChI=1S/C22H23F4N5O/c23-7-2-10-31-9-1-3-15(13-31)28-21-18-12-27-8-6-16(18)20(29-30-21)17-5-4-14(11-19(17)32)22(24,25)26/h4-6,8,11-12,15,32H,1-3,7,9-10,13H2,(H,28,30)/t15-/m1/s1.